The second-order valence-electron chi connectivity index (χ2n) is 6.02. The number of methoxy groups -OCH3 is 1. The van der Waals surface area contributed by atoms with Gasteiger partial charge in [-0.3, -0.25) is 0 Å². The van der Waals surface area contributed by atoms with Crippen molar-refractivity contribution in [2.75, 3.05) is 14.2 Å². The Morgan fingerprint density at radius 2 is 1.79 bits per heavy atom. The van der Waals surface area contributed by atoms with Crippen LogP contribution in [0.5, 0.6) is 5.75 Å². The van der Waals surface area contributed by atoms with E-state index in [0.29, 0.717) is 17.9 Å². The second kappa shape index (κ2) is 6.95. The number of rotatable bonds is 6. The Morgan fingerprint density at radius 3 is 2.21 bits per heavy atom. The van der Waals surface area contributed by atoms with E-state index in [9.17, 15) is 0 Å². The van der Waals surface area contributed by atoms with Crippen molar-refractivity contribution in [3.8, 4) is 5.75 Å². The fourth-order valence-electron chi connectivity index (χ4n) is 2.50. The molecule has 108 valence electrons. The highest BCUT2D eigenvalue weighted by molar-refractivity contribution is 5.44. The fourth-order valence-corrected chi connectivity index (χ4v) is 2.50. The summed E-state index contributed by atoms with van der Waals surface area (Å²) in [5.41, 5.74) is 4.06. The SMILES string of the molecule is CNC(Cc1cc(C(C)C)c(OC)cc1C)C(C)C. The van der Waals surface area contributed by atoms with Crippen molar-refractivity contribution in [1.82, 2.24) is 5.32 Å². The Hall–Kier alpha value is -1.02. The van der Waals surface area contributed by atoms with E-state index >= 15 is 0 Å². The maximum absolute atomic E-state index is 5.51. The van der Waals surface area contributed by atoms with Crippen LogP contribution in [0.25, 0.3) is 0 Å². The van der Waals surface area contributed by atoms with Gasteiger partial charge in [-0.15, -0.1) is 0 Å². The third-order valence-corrected chi connectivity index (χ3v) is 3.93. The Bertz CT molecular complexity index is 410. The van der Waals surface area contributed by atoms with Crippen molar-refractivity contribution < 1.29 is 4.74 Å². The largest absolute Gasteiger partial charge is 0.496 e. The molecule has 0 heterocycles. The van der Waals surface area contributed by atoms with Gasteiger partial charge in [0.1, 0.15) is 5.75 Å². The van der Waals surface area contributed by atoms with Crippen molar-refractivity contribution in [3.05, 3.63) is 28.8 Å². The third-order valence-electron chi connectivity index (χ3n) is 3.93. The van der Waals surface area contributed by atoms with Crippen LogP contribution < -0.4 is 10.1 Å². The van der Waals surface area contributed by atoms with Crippen molar-refractivity contribution >= 4 is 0 Å². The number of benzene rings is 1. The van der Waals surface area contributed by atoms with Gasteiger partial charge in [-0.05, 0) is 55.0 Å². The monoisotopic (exact) mass is 263 g/mol. The van der Waals surface area contributed by atoms with Gasteiger partial charge in [0.25, 0.3) is 0 Å². The highest BCUT2D eigenvalue weighted by Crippen LogP contribution is 2.30. The molecule has 0 amide bonds. The van der Waals surface area contributed by atoms with E-state index in [1.54, 1.807) is 7.11 Å². The van der Waals surface area contributed by atoms with E-state index in [0.717, 1.165) is 12.2 Å². The van der Waals surface area contributed by atoms with Gasteiger partial charge < -0.3 is 10.1 Å². The summed E-state index contributed by atoms with van der Waals surface area (Å²) in [4.78, 5) is 0. The number of ether oxygens (including phenoxy) is 1. The fraction of sp³-hybridized carbons (Fsp3) is 0.647. The zero-order valence-electron chi connectivity index (χ0n) is 13.5. The van der Waals surface area contributed by atoms with Crippen LogP contribution in [0.2, 0.25) is 0 Å². The van der Waals surface area contributed by atoms with Gasteiger partial charge in [-0.2, -0.15) is 0 Å². The molecule has 0 radical (unpaired) electrons. The maximum atomic E-state index is 5.51. The first-order valence-electron chi connectivity index (χ1n) is 7.25. The summed E-state index contributed by atoms with van der Waals surface area (Å²) in [6.45, 7) is 11.1. The molecule has 1 N–H and O–H groups in total. The average Bonchev–Trinajstić information content (AvgIpc) is 2.35. The van der Waals surface area contributed by atoms with E-state index in [1.165, 1.54) is 16.7 Å². The lowest BCUT2D eigenvalue weighted by Gasteiger charge is -2.23. The maximum Gasteiger partial charge on any atom is 0.122 e. The van der Waals surface area contributed by atoms with Crippen molar-refractivity contribution in [1.29, 1.82) is 0 Å². The Labute approximate surface area is 118 Å². The topological polar surface area (TPSA) is 21.3 Å². The lowest BCUT2D eigenvalue weighted by molar-refractivity contribution is 0.405. The van der Waals surface area contributed by atoms with Gasteiger partial charge >= 0.3 is 0 Å². The van der Waals surface area contributed by atoms with E-state index in [-0.39, 0.29) is 0 Å². The van der Waals surface area contributed by atoms with Crippen molar-refractivity contribution in [2.24, 2.45) is 5.92 Å². The second-order valence-corrected chi connectivity index (χ2v) is 6.02. The highest BCUT2D eigenvalue weighted by Gasteiger charge is 2.16. The molecule has 0 aliphatic rings. The molecule has 2 heteroatoms. The van der Waals surface area contributed by atoms with E-state index < -0.39 is 0 Å². The zero-order valence-corrected chi connectivity index (χ0v) is 13.5. The predicted octanol–water partition coefficient (Wildman–Crippen LogP) is 3.91. The predicted molar refractivity (Wildman–Crippen MR) is 83.2 cm³/mol. The van der Waals surface area contributed by atoms with Crippen LogP contribution in [0.3, 0.4) is 0 Å². The first kappa shape index (κ1) is 16.0. The van der Waals surface area contributed by atoms with Gasteiger partial charge in [0.05, 0.1) is 7.11 Å². The van der Waals surface area contributed by atoms with E-state index in [1.807, 2.05) is 7.05 Å². The number of hydrogen-bond donors (Lipinski definition) is 1. The highest BCUT2D eigenvalue weighted by atomic mass is 16.5. The minimum atomic E-state index is 0.487. The number of likely N-dealkylation sites (N-methyl/N-ethyl adjacent to an activating group) is 1. The summed E-state index contributed by atoms with van der Waals surface area (Å²) >= 11 is 0. The summed E-state index contributed by atoms with van der Waals surface area (Å²) in [7, 11) is 3.80. The lowest BCUT2D eigenvalue weighted by Crippen LogP contribution is -2.33. The molecule has 0 saturated heterocycles. The molecule has 0 fully saturated rings. The summed E-state index contributed by atoms with van der Waals surface area (Å²) < 4.78 is 5.51. The average molecular weight is 263 g/mol. The van der Waals surface area contributed by atoms with Crippen LogP contribution in [-0.2, 0) is 6.42 Å². The molecule has 0 saturated carbocycles. The summed E-state index contributed by atoms with van der Waals surface area (Å²) in [5.74, 6) is 2.14. The first-order chi connectivity index (χ1) is 8.90. The van der Waals surface area contributed by atoms with Crippen LogP contribution in [0.4, 0.5) is 0 Å². The van der Waals surface area contributed by atoms with Crippen LogP contribution in [0, 0.1) is 12.8 Å². The molecule has 1 aromatic rings. The molecule has 1 atom stereocenters. The standard InChI is InChI=1S/C17H29NO/c1-11(2)15-9-14(10-16(18-6)12(3)4)13(5)8-17(15)19-7/h8-9,11-12,16,18H,10H2,1-7H3. The quantitative estimate of drug-likeness (QED) is 0.840. The van der Waals surface area contributed by atoms with Crippen LogP contribution in [-0.4, -0.2) is 20.2 Å². The Kier molecular flexibility index (Phi) is 5.86. The molecule has 0 spiro atoms. The third kappa shape index (κ3) is 3.97. The van der Waals surface area contributed by atoms with Gasteiger partial charge in [-0.25, -0.2) is 0 Å². The number of aryl methyl sites for hydroxylation is 1. The van der Waals surface area contributed by atoms with Crippen LogP contribution >= 0.6 is 0 Å². The smallest absolute Gasteiger partial charge is 0.122 e. The summed E-state index contributed by atoms with van der Waals surface area (Å²) in [6.07, 6.45) is 1.07. The number of hydrogen-bond acceptors (Lipinski definition) is 2. The Balaban J connectivity index is 3.11. The normalized spacial score (nSPS) is 13.1. The van der Waals surface area contributed by atoms with E-state index in [2.05, 4.69) is 52.1 Å². The molecule has 1 rings (SSSR count). The van der Waals surface area contributed by atoms with E-state index in [4.69, 9.17) is 4.74 Å². The van der Waals surface area contributed by atoms with Crippen molar-refractivity contribution in [3.63, 3.8) is 0 Å². The molecule has 1 unspecified atom stereocenters. The van der Waals surface area contributed by atoms with Gasteiger partial charge in [-0.1, -0.05) is 33.8 Å². The molecule has 19 heavy (non-hydrogen) atoms. The molecule has 0 aromatic heterocycles. The Morgan fingerprint density at radius 1 is 1.16 bits per heavy atom. The molecule has 0 aliphatic carbocycles. The first-order valence-corrected chi connectivity index (χ1v) is 7.25. The zero-order chi connectivity index (χ0) is 14.6. The molecule has 0 bridgehead atoms. The molecule has 1 aromatic carbocycles. The lowest BCUT2D eigenvalue weighted by atomic mass is 9.90. The van der Waals surface area contributed by atoms with Crippen LogP contribution in [0.15, 0.2) is 12.1 Å². The summed E-state index contributed by atoms with van der Waals surface area (Å²) in [6, 6.07) is 5.02. The summed E-state index contributed by atoms with van der Waals surface area (Å²) in [5, 5.41) is 3.42. The van der Waals surface area contributed by atoms with Gasteiger partial charge in [0, 0.05) is 6.04 Å². The minimum absolute atomic E-state index is 0.487. The molecular weight excluding hydrogens is 234 g/mol. The molecular formula is C17H29NO. The van der Waals surface area contributed by atoms with Crippen LogP contribution in [0.1, 0.15) is 50.3 Å². The van der Waals surface area contributed by atoms with Crippen molar-refractivity contribution in [2.45, 2.75) is 53.0 Å². The molecule has 0 aliphatic heterocycles. The van der Waals surface area contributed by atoms with Gasteiger partial charge in [0.2, 0.25) is 0 Å². The minimum Gasteiger partial charge on any atom is -0.496 e. The number of nitrogens with one attached hydrogen (secondary N) is 1. The molecule has 2 nitrogen and oxygen atoms in total. The van der Waals surface area contributed by atoms with Gasteiger partial charge in [0.15, 0.2) is 0 Å².